The van der Waals surface area contributed by atoms with Crippen molar-refractivity contribution in [1.29, 1.82) is 0 Å². The number of halogens is 1. The standard InChI is InChI=1S/C22H18ClN5O3/c1-26-8-14(25-12-26)9-28-10-16(22(30)31)21(29)15-5-17(23)20(6-19(15)28)27-7-13-3-2-4-24-18(13)11-27/h2-6,8,10,12H,7,9,11H2,1H3,(H,30,31). The number of pyridine rings is 2. The van der Waals surface area contributed by atoms with Gasteiger partial charge in [-0.15, -0.1) is 0 Å². The van der Waals surface area contributed by atoms with E-state index in [9.17, 15) is 14.7 Å². The first-order valence-corrected chi connectivity index (χ1v) is 10.0. The predicted octanol–water partition coefficient (Wildman–Crippen LogP) is 3.05. The lowest BCUT2D eigenvalue weighted by molar-refractivity contribution is 0.0695. The molecule has 0 amide bonds. The van der Waals surface area contributed by atoms with Crippen LogP contribution in [0.2, 0.25) is 5.02 Å². The van der Waals surface area contributed by atoms with E-state index < -0.39 is 11.4 Å². The molecule has 0 fully saturated rings. The van der Waals surface area contributed by atoms with Crippen molar-refractivity contribution in [3.63, 3.8) is 0 Å². The molecule has 0 saturated carbocycles. The Bertz CT molecular complexity index is 1380. The van der Waals surface area contributed by atoms with Gasteiger partial charge in [0.1, 0.15) is 5.56 Å². The van der Waals surface area contributed by atoms with Crippen LogP contribution in [0.15, 0.2) is 54.0 Å². The molecule has 0 radical (unpaired) electrons. The third-order valence-corrected chi connectivity index (χ3v) is 5.80. The third kappa shape index (κ3) is 3.34. The molecule has 1 aliphatic heterocycles. The smallest absolute Gasteiger partial charge is 0.341 e. The van der Waals surface area contributed by atoms with E-state index in [1.54, 1.807) is 23.2 Å². The van der Waals surface area contributed by atoms with Gasteiger partial charge in [0, 0.05) is 37.6 Å². The summed E-state index contributed by atoms with van der Waals surface area (Å²) >= 11 is 6.57. The summed E-state index contributed by atoms with van der Waals surface area (Å²) in [5, 5.41) is 10.2. The number of aryl methyl sites for hydroxylation is 1. The van der Waals surface area contributed by atoms with Crippen molar-refractivity contribution in [3.8, 4) is 0 Å². The Labute approximate surface area is 182 Å². The molecule has 3 aromatic heterocycles. The SMILES string of the molecule is Cn1cnc(Cn2cc(C(=O)O)c(=O)c3cc(Cl)c(N4Cc5cccnc5C4)cc32)c1. The van der Waals surface area contributed by atoms with Gasteiger partial charge in [-0.05, 0) is 23.8 Å². The molecule has 1 aromatic carbocycles. The van der Waals surface area contributed by atoms with Crippen molar-refractivity contribution >= 4 is 34.2 Å². The van der Waals surface area contributed by atoms with Crippen LogP contribution in [0.25, 0.3) is 10.9 Å². The zero-order valence-electron chi connectivity index (χ0n) is 16.6. The number of nitrogens with zero attached hydrogens (tertiary/aromatic N) is 5. The molecule has 1 aliphatic rings. The van der Waals surface area contributed by atoms with Crippen LogP contribution in [-0.2, 0) is 26.7 Å². The molecule has 31 heavy (non-hydrogen) atoms. The van der Waals surface area contributed by atoms with Gasteiger partial charge in [0.2, 0.25) is 5.43 Å². The second-order valence-corrected chi connectivity index (χ2v) is 8.03. The maximum absolute atomic E-state index is 12.8. The maximum Gasteiger partial charge on any atom is 0.341 e. The number of fused-ring (bicyclic) bond motifs is 2. The Morgan fingerprint density at radius 1 is 1.23 bits per heavy atom. The second-order valence-electron chi connectivity index (χ2n) is 7.62. The minimum absolute atomic E-state index is 0.263. The molecule has 0 bridgehead atoms. The number of carbonyl (C=O) groups is 1. The number of anilines is 1. The number of carboxylic acid groups (broad SMARTS) is 1. The quantitative estimate of drug-likeness (QED) is 0.529. The first-order valence-electron chi connectivity index (χ1n) is 9.65. The molecule has 1 N–H and O–H groups in total. The monoisotopic (exact) mass is 435 g/mol. The molecule has 0 aliphatic carbocycles. The fraction of sp³-hybridized carbons (Fsp3) is 0.182. The van der Waals surface area contributed by atoms with Crippen molar-refractivity contribution < 1.29 is 9.90 Å². The highest BCUT2D eigenvalue weighted by Crippen LogP contribution is 2.35. The van der Waals surface area contributed by atoms with Crippen LogP contribution in [0.3, 0.4) is 0 Å². The molecule has 5 rings (SSSR count). The molecule has 9 heteroatoms. The molecule has 4 aromatic rings. The van der Waals surface area contributed by atoms with Crippen LogP contribution in [0, 0.1) is 0 Å². The summed E-state index contributed by atoms with van der Waals surface area (Å²) in [6.07, 6.45) is 6.67. The average molecular weight is 436 g/mol. The number of imidazole rings is 1. The highest BCUT2D eigenvalue weighted by Gasteiger charge is 2.24. The van der Waals surface area contributed by atoms with Crippen molar-refractivity contribution in [2.45, 2.75) is 19.6 Å². The molecular weight excluding hydrogens is 418 g/mol. The molecule has 156 valence electrons. The fourth-order valence-electron chi connectivity index (χ4n) is 4.02. The molecule has 0 spiro atoms. The van der Waals surface area contributed by atoms with Crippen molar-refractivity contribution in [2.75, 3.05) is 4.90 Å². The van der Waals surface area contributed by atoms with Gasteiger partial charge >= 0.3 is 5.97 Å². The van der Waals surface area contributed by atoms with Crippen LogP contribution >= 0.6 is 11.6 Å². The third-order valence-electron chi connectivity index (χ3n) is 5.50. The summed E-state index contributed by atoms with van der Waals surface area (Å²) in [6, 6.07) is 7.35. The summed E-state index contributed by atoms with van der Waals surface area (Å²) in [7, 11) is 1.86. The van der Waals surface area contributed by atoms with Gasteiger partial charge in [-0.1, -0.05) is 17.7 Å². The lowest BCUT2D eigenvalue weighted by atomic mass is 10.1. The van der Waals surface area contributed by atoms with E-state index in [-0.39, 0.29) is 10.9 Å². The van der Waals surface area contributed by atoms with Crippen LogP contribution in [0.1, 0.15) is 27.3 Å². The number of rotatable bonds is 4. The van der Waals surface area contributed by atoms with Crippen LogP contribution < -0.4 is 10.3 Å². The van der Waals surface area contributed by atoms with Crippen molar-refractivity contribution in [1.82, 2.24) is 19.1 Å². The summed E-state index contributed by atoms with van der Waals surface area (Å²) in [5.41, 5.74) is 3.38. The minimum atomic E-state index is -1.28. The highest BCUT2D eigenvalue weighted by molar-refractivity contribution is 6.34. The molecule has 0 unspecified atom stereocenters. The molecule has 0 saturated heterocycles. The van der Waals surface area contributed by atoms with Crippen LogP contribution in [0.5, 0.6) is 0 Å². The van der Waals surface area contributed by atoms with Gasteiger partial charge < -0.3 is 19.1 Å². The number of aromatic carboxylic acids is 1. The summed E-state index contributed by atoms with van der Waals surface area (Å²) in [4.78, 5) is 35.4. The van der Waals surface area contributed by atoms with Gasteiger partial charge in [0.25, 0.3) is 0 Å². The van der Waals surface area contributed by atoms with Crippen molar-refractivity contribution in [3.05, 3.63) is 86.9 Å². The Hall–Kier alpha value is -3.65. The van der Waals surface area contributed by atoms with Crippen molar-refractivity contribution in [2.24, 2.45) is 7.05 Å². The maximum atomic E-state index is 12.8. The summed E-state index contributed by atoms with van der Waals surface area (Å²) in [6.45, 7) is 1.59. The topological polar surface area (TPSA) is 93.2 Å². The van der Waals surface area contributed by atoms with E-state index in [4.69, 9.17) is 11.6 Å². The summed E-state index contributed by atoms with van der Waals surface area (Å²) < 4.78 is 3.55. The van der Waals surface area contributed by atoms with E-state index >= 15 is 0 Å². The summed E-state index contributed by atoms with van der Waals surface area (Å²) in [5.74, 6) is -1.28. The number of hydrogen-bond acceptors (Lipinski definition) is 5. The zero-order chi connectivity index (χ0) is 21.7. The Balaban J connectivity index is 1.67. The number of benzene rings is 1. The van der Waals surface area contributed by atoms with E-state index in [0.717, 1.165) is 22.6 Å². The van der Waals surface area contributed by atoms with E-state index in [1.807, 2.05) is 36.0 Å². The first kappa shape index (κ1) is 19.3. The highest BCUT2D eigenvalue weighted by atomic mass is 35.5. The van der Waals surface area contributed by atoms with Gasteiger partial charge in [0.15, 0.2) is 0 Å². The van der Waals surface area contributed by atoms with E-state index in [2.05, 4.69) is 14.9 Å². The number of hydrogen-bond donors (Lipinski definition) is 1. The lowest BCUT2D eigenvalue weighted by Crippen LogP contribution is -2.21. The van der Waals surface area contributed by atoms with E-state index in [1.165, 1.54) is 6.20 Å². The largest absolute Gasteiger partial charge is 0.477 e. The zero-order valence-corrected chi connectivity index (χ0v) is 17.4. The lowest BCUT2D eigenvalue weighted by Gasteiger charge is -2.21. The van der Waals surface area contributed by atoms with Gasteiger partial charge in [-0.3, -0.25) is 9.78 Å². The molecular formula is C22H18ClN5O3. The molecule has 4 heterocycles. The van der Waals surface area contributed by atoms with Gasteiger partial charge in [0.05, 0.1) is 47.0 Å². The minimum Gasteiger partial charge on any atom is -0.477 e. The fourth-order valence-corrected chi connectivity index (χ4v) is 4.30. The van der Waals surface area contributed by atoms with Gasteiger partial charge in [-0.2, -0.15) is 0 Å². The second kappa shape index (κ2) is 7.24. The average Bonchev–Trinajstić information content (AvgIpc) is 3.35. The molecule has 0 atom stereocenters. The Kier molecular flexibility index (Phi) is 4.51. The molecule has 8 nitrogen and oxygen atoms in total. The predicted molar refractivity (Wildman–Crippen MR) is 117 cm³/mol. The van der Waals surface area contributed by atoms with Gasteiger partial charge in [-0.25, -0.2) is 9.78 Å². The number of aromatic nitrogens is 4. The number of carboxylic acids is 1. The van der Waals surface area contributed by atoms with Crippen LogP contribution in [0.4, 0.5) is 5.69 Å². The Morgan fingerprint density at radius 2 is 2.06 bits per heavy atom. The van der Waals surface area contributed by atoms with E-state index in [0.29, 0.717) is 30.2 Å². The normalized spacial score (nSPS) is 13.0. The first-order chi connectivity index (χ1) is 14.9. The van der Waals surface area contributed by atoms with Crippen LogP contribution in [-0.4, -0.2) is 30.2 Å². The Morgan fingerprint density at radius 3 is 2.77 bits per heavy atom.